The third-order valence-corrected chi connectivity index (χ3v) is 4.40. The molecule has 0 radical (unpaired) electrons. The van der Waals surface area contributed by atoms with Gasteiger partial charge in [0.2, 0.25) is 5.91 Å². The first-order valence-electron chi connectivity index (χ1n) is 7.91. The van der Waals surface area contributed by atoms with Crippen LogP contribution in [0.25, 0.3) is 0 Å². The number of hydrogen-bond donors (Lipinski definition) is 1. The maximum atomic E-state index is 11.9. The number of nitrogens with one attached hydrogen (secondary N) is 1. The molecule has 0 aliphatic carbocycles. The molecule has 1 aliphatic heterocycles. The second-order valence-corrected chi connectivity index (χ2v) is 6.27. The highest BCUT2D eigenvalue weighted by atomic mass is 35.5. The van der Waals surface area contributed by atoms with Gasteiger partial charge in [-0.05, 0) is 56.0 Å². The second-order valence-electron chi connectivity index (χ2n) is 5.84. The van der Waals surface area contributed by atoms with Crippen LogP contribution < -0.4 is 5.32 Å². The van der Waals surface area contributed by atoms with Crippen molar-refractivity contribution in [1.82, 2.24) is 10.2 Å². The van der Waals surface area contributed by atoms with Crippen LogP contribution >= 0.6 is 11.6 Å². The Bertz CT molecular complexity index is 464. The van der Waals surface area contributed by atoms with E-state index in [9.17, 15) is 4.79 Å². The molecule has 1 amide bonds. The minimum absolute atomic E-state index is 0.142. The summed E-state index contributed by atoms with van der Waals surface area (Å²) in [6, 6.07) is 7.72. The lowest BCUT2D eigenvalue weighted by molar-refractivity contribution is -0.121. The number of rotatable bonds is 6. The van der Waals surface area contributed by atoms with Crippen molar-refractivity contribution in [3.05, 3.63) is 34.9 Å². The van der Waals surface area contributed by atoms with E-state index in [4.69, 9.17) is 11.6 Å². The average Bonchev–Trinajstić information content (AvgIpc) is 2.51. The topological polar surface area (TPSA) is 32.3 Å². The van der Waals surface area contributed by atoms with Crippen LogP contribution in [0.5, 0.6) is 0 Å². The zero-order chi connectivity index (χ0) is 15.1. The number of amides is 1. The van der Waals surface area contributed by atoms with E-state index in [1.165, 1.54) is 19.4 Å². The minimum atomic E-state index is 0.142. The number of likely N-dealkylation sites (tertiary alicyclic amines) is 1. The van der Waals surface area contributed by atoms with Crippen molar-refractivity contribution in [2.75, 3.05) is 26.2 Å². The smallest absolute Gasteiger partial charge is 0.220 e. The maximum absolute atomic E-state index is 11.9. The highest BCUT2D eigenvalue weighted by molar-refractivity contribution is 6.30. The zero-order valence-electron chi connectivity index (χ0n) is 12.8. The predicted molar refractivity (Wildman–Crippen MR) is 87.6 cm³/mol. The number of benzene rings is 1. The van der Waals surface area contributed by atoms with Crippen LogP contribution in [0, 0.1) is 5.92 Å². The molecule has 2 rings (SSSR count). The van der Waals surface area contributed by atoms with Crippen LogP contribution in [-0.2, 0) is 11.2 Å². The van der Waals surface area contributed by atoms with E-state index in [0.29, 0.717) is 12.3 Å². The van der Waals surface area contributed by atoms with Crippen LogP contribution in [0.3, 0.4) is 0 Å². The molecule has 0 spiro atoms. The summed E-state index contributed by atoms with van der Waals surface area (Å²) in [6.07, 6.45) is 3.75. The first-order chi connectivity index (χ1) is 10.2. The Hall–Kier alpha value is -1.06. The Balaban J connectivity index is 1.67. The second kappa shape index (κ2) is 8.40. The first-order valence-corrected chi connectivity index (χ1v) is 8.28. The number of hydrogen-bond acceptors (Lipinski definition) is 2. The Labute approximate surface area is 132 Å². The van der Waals surface area contributed by atoms with Crippen LogP contribution in [0.4, 0.5) is 0 Å². The molecular formula is C17H25ClN2O. The Morgan fingerprint density at radius 1 is 1.48 bits per heavy atom. The van der Waals surface area contributed by atoms with Gasteiger partial charge in [0.05, 0.1) is 0 Å². The number of carbonyl (C=O) groups excluding carboxylic acids is 1. The van der Waals surface area contributed by atoms with Gasteiger partial charge in [0.1, 0.15) is 0 Å². The third-order valence-electron chi connectivity index (χ3n) is 4.17. The number of piperidine rings is 1. The largest absolute Gasteiger partial charge is 0.356 e. The van der Waals surface area contributed by atoms with Gasteiger partial charge in [-0.1, -0.05) is 30.7 Å². The molecule has 4 heteroatoms. The minimum Gasteiger partial charge on any atom is -0.356 e. The van der Waals surface area contributed by atoms with E-state index in [0.717, 1.165) is 36.6 Å². The molecule has 1 aromatic rings. The molecule has 1 N–H and O–H groups in total. The molecule has 0 unspecified atom stereocenters. The van der Waals surface area contributed by atoms with Gasteiger partial charge in [-0.2, -0.15) is 0 Å². The molecule has 0 aromatic heterocycles. The van der Waals surface area contributed by atoms with Crippen LogP contribution in [0.2, 0.25) is 5.02 Å². The quantitative estimate of drug-likeness (QED) is 0.875. The molecule has 1 aromatic carbocycles. The number of nitrogens with zero attached hydrogens (tertiary/aromatic N) is 1. The number of halogens is 1. The molecule has 1 atom stereocenters. The van der Waals surface area contributed by atoms with Gasteiger partial charge in [-0.3, -0.25) is 4.79 Å². The SMILES string of the molecule is CCN1CCC[C@@H](CNC(=O)CCc2cccc(Cl)c2)C1. The molecule has 0 saturated carbocycles. The standard InChI is InChI=1S/C17H25ClN2O/c1-2-20-10-4-6-15(13-20)12-19-17(21)9-8-14-5-3-7-16(18)11-14/h3,5,7,11,15H,2,4,6,8-10,12-13H2,1H3,(H,19,21)/t15-/m0/s1. The van der Waals surface area contributed by atoms with Gasteiger partial charge in [-0.15, -0.1) is 0 Å². The van der Waals surface area contributed by atoms with Crippen molar-refractivity contribution in [2.24, 2.45) is 5.92 Å². The molecule has 0 bridgehead atoms. The number of aryl methyl sites for hydroxylation is 1. The highest BCUT2D eigenvalue weighted by Gasteiger charge is 2.18. The van der Waals surface area contributed by atoms with Crippen molar-refractivity contribution in [1.29, 1.82) is 0 Å². The molecule has 1 heterocycles. The molecule has 1 saturated heterocycles. The summed E-state index contributed by atoms with van der Waals surface area (Å²) in [5.41, 5.74) is 1.12. The summed E-state index contributed by atoms with van der Waals surface area (Å²) >= 11 is 5.95. The summed E-state index contributed by atoms with van der Waals surface area (Å²) < 4.78 is 0. The summed E-state index contributed by atoms with van der Waals surface area (Å²) in [7, 11) is 0. The lowest BCUT2D eigenvalue weighted by Gasteiger charge is -2.31. The highest BCUT2D eigenvalue weighted by Crippen LogP contribution is 2.15. The fourth-order valence-corrected chi connectivity index (χ4v) is 3.11. The zero-order valence-corrected chi connectivity index (χ0v) is 13.5. The Morgan fingerprint density at radius 2 is 2.33 bits per heavy atom. The fraction of sp³-hybridized carbons (Fsp3) is 0.588. The summed E-state index contributed by atoms with van der Waals surface area (Å²) in [5, 5.41) is 3.81. The predicted octanol–water partition coefficient (Wildman–Crippen LogP) is 3.12. The molecular weight excluding hydrogens is 284 g/mol. The van der Waals surface area contributed by atoms with Crippen molar-refractivity contribution in [3.63, 3.8) is 0 Å². The molecule has 1 fully saturated rings. The maximum Gasteiger partial charge on any atom is 0.220 e. The van der Waals surface area contributed by atoms with E-state index < -0.39 is 0 Å². The molecule has 1 aliphatic rings. The fourth-order valence-electron chi connectivity index (χ4n) is 2.90. The first kappa shape index (κ1) is 16.3. The van der Waals surface area contributed by atoms with Gasteiger partial charge in [-0.25, -0.2) is 0 Å². The van der Waals surface area contributed by atoms with E-state index in [-0.39, 0.29) is 5.91 Å². The normalized spacial score (nSPS) is 19.4. The van der Waals surface area contributed by atoms with Gasteiger partial charge in [0.25, 0.3) is 0 Å². The van der Waals surface area contributed by atoms with Crippen LogP contribution in [0.1, 0.15) is 31.7 Å². The Morgan fingerprint density at radius 3 is 3.10 bits per heavy atom. The average molecular weight is 309 g/mol. The van der Waals surface area contributed by atoms with Crippen molar-refractivity contribution in [2.45, 2.75) is 32.6 Å². The molecule has 116 valence electrons. The van der Waals surface area contributed by atoms with E-state index in [1.807, 2.05) is 24.3 Å². The van der Waals surface area contributed by atoms with E-state index >= 15 is 0 Å². The number of carbonyl (C=O) groups is 1. The molecule has 21 heavy (non-hydrogen) atoms. The van der Waals surface area contributed by atoms with Gasteiger partial charge in [0, 0.05) is 24.5 Å². The summed E-state index contributed by atoms with van der Waals surface area (Å²) in [6.45, 7) is 6.44. The van der Waals surface area contributed by atoms with Gasteiger partial charge >= 0.3 is 0 Å². The summed E-state index contributed by atoms with van der Waals surface area (Å²) in [5.74, 6) is 0.748. The van der Waals surface area contributed by atoms with Crippen LogP contribution in [0.15, 0.2) is 24.3 Å². The van der Waals surface area contributed by atoms with Crippen molar-refractivity contribution >= 4 is 17.5 Å². The Kier molecular flexibility index (Phi) is 6.52. The van der Waals surface area contributed by atoms with Gasteiger partial charge in [0.15, 0.2) is 0 Å². The monoisotopic (exact) mass is 308 g/mol. The third kappa shape index (κ3) is 5.68. The lowest BCUT2D eigenvalue weighted by Crippen LogP contribution is -2.40. The van der Waals surface area contributed by atoms with E-state index in [1.54, 1.807) is 0 Å². The summed E-state index contributed by atoms with van der Waals surface area (Å²) in [4.78, 5) is 14.4. The van der Waals surface area contributed by atoms with Gasteiger partial charge < -0.3 is 10.2 Å². The van der Waals surface area contributed by atoms with E-state index in [2.05, 4.69) is 17.1 Å². The molecule has 3 nitrogen and oxygen atoms in total. The lowest BCUT2D eigenvalue weighted by atomic mass is 9.98. The van der Waals surface area contributed by atoms with Crippen molar-refractivity contribution in [3.8, 4) is 0 Å². The van der Waals surface area contributed by atoms with Crippen LogP contribution in [-0.4, -0.2) is 37.0 Å². The van der Waals surface area contributed by atoms with Crippen molar-refractivity contribution < 1.29 is 4.79 Å².